The zero-order valence-electron chi connectivity index (χ0n) is 29.8. The van der Waals surface area contributed by atoms with Crippen molar-refractivity contribution < 1.29 is 0 Å². The van der Waals surface area contributed by atoms with Crippen LogP contribution in [0.15, 0.2) is 200 Å². The number of hydrogen-bond acceptors (Lipinski definition) is 4. The van der Waals surface area contributed by atoms with Crippen molar-refractivity contribution >= 4 is 31.5 Å². The van der Waals surface area contributed by atoms with Crippen LogP contribution >= 0.6 is 11.3 Å². The fourth-order valence-corrected chi connectivity index (χ4v) is 8.66. The highest BCUT2D eigenvalue weighted by Gasteiger charge is 2.16. The molecule has 0 aliphatic heterocycles. The average molecular weight is 720 g/mol. The van der Waals surface area contributed by atoms with Gasteiger partial charge >= 0.3 is 0 Å². The molecule has 0 unspecified atom stereocenters. The second kappa shape index (κ2) is 14.1. The highest BCUT2D eigenvalue weighted by atomic mass is 32.1. The third-order valence-electron chi connectivity index (χ3n) is 10.2. The number of fused-ring (bicyclic) bond motifs is 3. The predicted molar refractivity (Wildman–Crippen MR) is 231 cm³/mol. The maximum Gasteiger partial charge on any atom is 0.164 e. The van der Waals surface area contributed by atoms with Crippen LogP contribution < -0.4 is 0 Å². The standard InChI is InChI=1S/C51H33N3S/c1-3-14-36(15-4-1)42-22-7-8-24-46(42)51-53-49(37-16-5-2-6-17-37)52-50(54-51)41-21-12-19-39(33-41)35-30-28-34(29-31-35)38-18-11-20-40(32-38)43-25-13-26-45-44-23-9-10-27-47(44)55-48(43)45/h1-33H. The zero-order valence-corrected chi connectivity index (χ0v) is 30.6. The van der Waals surface area contributed by atoms with E-state index in [0.717, 1.165) is 38.9 Å². The molecule has 8 aromatic carbocycles. The fraction of sp³-hybridized carbons (Fsp3) is 0. The van der Waals surface area contributed by atoms with E-state index in [1.54, 1.807) is 0 Å². The van der Waals surface area contributed by atoms with Crippen molar-refractivity contribution in [2.24, 2.45) is 0 Å². The molecular weight excluding hydrogens is 687 g/mol. The van der Waals surface area contributed by atoms with E-state index < -0.39 is 0 Å². The summed E-state index contributed by atoms with van der Waals surface area (Å²) in [7, 11) is 0. The van der Waals surface area contributed by atoms with Gasteiger partial charge in [0.2, 0.25) is 0 Å². The summed E-state index contributed by atoms with van der Waals surface area (Å²) in [4.78, 5) is 15.2. The topological polar surface area (TPSA) is 38.7 Å². The third kappa shape index (κ3) is 6.29. The summed E-state index contributed by atoms with van der Waals surface area (Å²) in [6, 6.07) is 70.4. The van der Waals surface area contributed by atoms with Gasteiger partial charge in [-0.3, -0.25) is 0 Å². The van der Waals surface area contributed by atoms with E-state index in [1.165, 1.54) is 42.4 Å². The minimum atomic E-state index is 0.635. The lowest BCUT2D eigenvalue weighted by Gasteiger charge is -2.12. The maximum atomic E-state index is 5.12. The molecule has 0 atom stereocenters. The van der Waals surface area contributed by atoms with Crippen LogP contribution in [0.1, 0.15) is 0 Å². The van der Waals surface area contributed by atoms with Crippen LogP contribution in [0.4, 0.5) is 0 Å². The number of nitrogens with zero attached hydrogens (tertiary/aromatic N) is 3. The number of benzene rings is 8. The van der Waals surface area contributed by atoms with Gasteiger partial charge in [0.1, 0.15) is 0 Å². The lowest BCUT2D eigenvalue weighted by Crippen LogP contribution is -2.01. The van der Waals surface area contributed by atoms with Crippen LogP contribution in [0.2, 0.25) is 0 Å². The smallest absolute Gasteiger partial charge is 0.164 e. The molecule has 0 saturated carbocycles. The van der Waals surface area contributed by atoms with Crippen LogP contribution in [0.25, 0.3) is 98.8 Å². The molecule has 0 aliphatic carbocycles. The largest absolute Gasteiger partial charge is 0.208 e. The van der Waals surface area contributed by atoms with Crippen molar-refractivity contribution in [3.63, 3.8) is 0 Å². The summed E-state index contributed by atoms with van der Waals surface area (Å²) >= 11 is 1.87. The highest BCUT2D eigenvalue weighted by molar-refractivity contribution is 7.26. The zero-order chi connectivity index (χ0) is 36.6. The molecule has 10 aromatic rings. The van der Waals surface area contributed by atoms with Gasteiger partial charge in [0.05, 0.1) is 0 Å². The Morgan fingerprint density at radius 1 is 0.273 bits per heavy atom. The van der Waals surface area contributed by atoms with Gasteiger partial charge in [-0.15, -0.1) is 11.3 Å². The molecule has 3 nitrogen and oxygen atoms in total. The van der Waals surface area contributed by atoms with Gasteiger partial charge in [0.15, 0.2) is 17.5 Å². The van der Waals surface area contributed by atoms with Gasteiger partial charge in [-0.05, 0) is 62.7 Å². The normalized spacial score (nSPS) is 11.3. The third-order valence-corrected chi connectivity index (χ3v) is 11.4. The molecule has 2 heterocycles. The monoisotopic (exact) mass is 719 g/mol. The Labute approximate surface area is 323 Å². The number of thiophene rings is 1. The molecule has 10 rings (SSSR count). The summed E-state index contributed by atoms with van der Waals surface area (Å²) in [5.41, 5.74) is 12.1. The molecule has 0 N–H and O–H groups in total. The first kappa shape index (κ1) is 32.6. The Kier molecular flexibility index (Phi) is 8.36. The average Bonchev–Trinajstić information content (AvgIpc) is 3.66. The minimum absolute atomic E-state index is 0.635. The van der Waals surface area contributed by atoms with Crippen molar-refractivity contribution in [2.45, 2.75) is 0 Å². The van der Waals surface area contributed by atoms with E-state index >= 15 is 0 Å². The predicted octanol–water partition coefficient (Wildman–Crippen LogP) is 13.9. The Morgan fingerprint density at radius 2 is 0.745 bits per heavy atom. The second-order valence-electron chi connectivity index (χ2n) is 13.6. The van der Waals surface area contributed by atoms with Gasteiger partial charge in [-0.25, -0.2) is 15.0 Å². The fourth-order valence-electron chi connectivity index (χ4n) is 7.42. The Balaban J connectivity index is 0.998. The molecular formula is C51H33N3S. The summed E-state index contributed by atoms with van der Waals surface area (Å²) in [6.45, 7) is 0. The molecule has 2 aromatic heterocycles. The van der Waals surface area contributed by atoms with Crippen molar-refractivity contribution in [2.75, 3.05) is 0 Å². The van der Waals surface area contributed by atoms with E-state index in [-0.39, 0.29) is 0 Å². The van der Waals surface area contributed by atoms with E-state index in [4.69, 9.17) is 15.0 Å². The molecule has 4 heteroatoms. The van der Waals surface area contributed by atoms with Crippen LogP contribution in [-0.2, 0) is 0 Å². The van der Waals surface area contributed by atoms with Gasteiger partial charge in [0.25, 0.3) is 0 Å². The first-order valence-electron chi connectivity index (χ1n) is 18.4. The van der Waals surface area contributed by atoms with Crippen LogP contribution in [0, 0.1) is 0 Å². The molecule has 55 heavy (non-hydrogen) atoms. The Hall–Kier alpha value is -7.01. The van der Waals surface area contributed by atoms with E-state index in [9.17, 15) is 0 Å². The van der Waals surface area contributed by atoms with E-state index in [0.29, 0.717) is 17.5 Å². The molecule has 258 valence electrons. The molecule has 0 fully saturated rings. The lowest BCUT2D eigenvalue weighted by molar-refractivity contribution is 1.07. The van der Waals surface area contributed by atoms with Gasteiger partial charge < -0.3 is 0 Å². The molecule has 0 aliphatic rings. The van der Waals surface area contributed by atoms with Crippen molar-refractivity contribution in [3.8, 4) is 78.7 Å². The van der Waals surface area contributed by atoms with E-state index in [2.05, 4.69) is 158 Å². The van der Waals surface area contributed by atoms with Crippen LogP contribution in [0.5, 0.6) is 0 Å². The van der Waals surface area contributed by atoms with Crippen molar-refractivity contribution in [1.29, 1.82) is 0 Å². The first-order chi connectivity index (χ1) is 27.2. The number of aromatic nitrogens is 3. The highest BCUT2D eigenvalue weighted by Crippen LogP contribution is 2.41. The summed E-state index contributed by atoms with van der Waals surface area (Å²) in [5, 5.41) is 2.64. The second-order valence-corrected chi connectivity index (χ2v) is 14.7. The SMILES string of the molecule is c1ccc(-c2nc(-c3cccc(-c4ccc(-c5cccc(-c6cccc7c6sc6ccccc67)c5)cc4)c3)nc(-c3ccccc3-c3ccccc3)n2)cc1. The van der Waals surface area contributed by atoms with Gasteiger partial charge in [-0.1, -0.05) is 182 Å². The summed E-state index contributed by atoms with van der Waals surface area (Å²) in [5.74, 6) is 1.92. The lowest BCUT2D eigenvalue weighted by atomic mass is 9.96. The van der Waals surface area contributed by atoms with E-state index in [1.807, 2.05) is 53.8 Å². The molecule has 0 radical (unpaired) electrons. The molecule has 0 spiro atoms. The number of hydrogen-bond donors (Lipinski definition) is 0. The maximum absolute atomic E-state index is 5.12. The Bertz CT molecular complexity index is 2970. The number of rotatable bonds is 7. The van der Waals surface area contributed by atoms with Crippen molar-refractivity contribution in [3.05, 3.63) is 200 Å². The van der Waals surface area contributed by atoms with Gasteiger partial charge in [0, 0.05) is 36.9 Å². The Morgan fingerprint density at radius 3 is 1.47 bits per heavy atom. The summed E-state index contributed by atoms with van der Waals surface area (Å²) < 4.78 is 2.65. The molecule has 0 saturated heterocycles. The van der Waals surface area contributed by atoms with Gasteiger partial charge in [-0.2, -0.15) is 0 Å². The summed E-state index contributed by atoms with van der Waals surface area (Å²) in [6.07, 6.45) is 0. The van der Waals surface area contributed by atoms with Crippen LogP contribution in [0.3, 0.4) is 0 Å². The first-order valence-corrected chi connectivity index (χ1v) is 19.3. The molecule has 0 bridgehead atoms. The minimum Gasteiger partial charge on any atom is -0.208 e. The molecule has 0 amide bonds. The van der Waals surface area contributed by atoms with Crippen LogP contribution in [-0.4, -0.2) is 15.0 Å². The quantitative estimate of drug-likeness (QED) is 0.165. The van der Waals surface area contributed by atoms with Crippen molar-refractivity contribution in [1.82, 2.24) is 15.0 Å².